The zero-order chi connectivity index (χ0) is 14.1. The molecular weight excluding hydrogens is 239 g/mol. The van der Waals surface area contributed by atoms with Gasteiger partial charge in [0.2, 0.25) is 5.91 Å². The molecule has 2 N–H and O–H groups in total. The number of nitro groups is 1. The van der Waals surface area contributed by atoms with Gasteiger partial charge in [-0.05, 0) is 12.1 Å². The Kier molecular flexibility index (Phi) is 7.14. The molecule has 0 aliphatic carbocycles. The Morgan fingerprint density at radius 2 is 2.11 bits per heavy atom. The largest absolute Gasteiger partial charge is 0.569 e. The molecule has 1 aromatic carbocycles. The molecule has 0 saturated heterocycles. The summed E-state index contributed by atoms with van der Waals surface area (Å²) in [5.74, 6) is -0.591. The van der Waals surface area contributed by atoms with Crippen molar-refractivity contribution >= 4 is 25.0 Å². The van der Waals surface area contributed by atoms with E-state index in [-0.39, 0.29) is 11.4 Å². The molecule has 0 atom stereocenters. The Bertz CT molecular complexity index is 425. The Hall–Kier alpha value is -2.09. The molecule has 0 unspecified atom stereocenters. The topological polar surface area (TPSA) is 102 Å². The number of rotatable bonds is 4. The van der Waals surface area contributed by atoms with Crippen LogP contribution in [0.1, 0.15) is 20.8 Å². The summed E-state index contributed by atoms with van der Waals surface area (Å²) in [5, 5.41) is 21.5. The van der Waals surface area contributed by atoms with Gasteiger partial charge in [-0.25, -0.2) is 0 Å². The monoisotopic (exact) mass is 253 g/mol. The average molecular weight is 253 g/mol. The lowest BCUT2D eigenvalue weighted by Crippen LogP contribution is -2.10. The highest BCUT2D eigenvalue weighted by molar-refractivity contribution is 6.17. The van der Waals surface area contributed by atoms with Crippen LogP contribution in [0.25, 0.3) is 0 Å². The fourth-order valence-corrected chi connectivity index (χ4v) is 1.15. The number of hydrogen-bond donors (Lipinski definition) is 2. The van der Waals surface area contributed by atoms with Gasteiger partial charge in [0.1, 0.15) is 5.69 Å². The molecule has 0 fully saturated rings. The van der Waals surface area contributed by atoms with Crippen molar-refractivity contribution < 1.29 is 19.4 Å². The maximum Gasteiger partial charge on any atom is 0.569 e. The van der Waals surface area contributed by atoms with E-state index >= 15 is 0 Å². The Balaban J connectivity index is 0.00000137. The van der Waals surface area contributed by atoms with Gasteiger partial charge in [0.05, 0.1) is 4.92 Å². The van der Waals surface area contributed by atoms with Gasteiger partial charge in [0.15, 0.2) is 5.75 Å². The molecule has 0 aliphatic heterocycles. The zero-order valence-corrected chi connectivity index (χ0v) is 10.3. The number of nitro benzene ring substituents is 1. The normalized spacial score (nSPS) is 8.67. The van der Waals surface area contributed by atoms with Crippen LogP contribution in [0.4, 0.5) is 11.4 Å². The lowest BCUT2D eigenvalue weighted by atomic mass is 10.2. The van der Waals surface area contributed by atoms with Gasteiger partial charge in [0.25, 0.3) is 0 Å². The molecule has 1 amide bonds. The first-order valence-electron chi connectivity index (χ1n) is 5.23. The second-order valence-corrected chi connectivity index (χ2v) is 2.81. The Morgan fingerprint density at radius 3 is 2.56 bits per heavy atom. The third-order valence-electron chi connectivity index (χ3n) is 1.67. The van der Waals surface area contributed by atoms with Crippen molar-refractivity contribution in [3.63, 3.8) is 0 Å². The van der Waals surface area contributed by atoms with Crippen LogP contribution in [-0.4, -0.2) is 23.5 Å². The highest BCUT2D eigenvalue weighted by Crippen LogP contribution is 2.34. The number of nitrogens with one attached hydrogen (secondary N) is 1. The number of nitrogens with zero attached hydrogens (tertiary/aromatic N) is 1. The first-order valence-corrected chi connectivity index (χ1v) is 5.23. The van der Waals surface area contributed by atoms with Crippen LogP contribution in [0.5, 0.6) is 5.75 Å². The smallest absolute Gasteiger partial charge is 0.533 e. The minimum absolute atomic E-state index is 0.0110. The Morgan fingerprint density at radius 1 is 1.50 bits per heavy atom. The number of benzene rings is 1. The van der Waals surface area contributed by atoms with Crippen molar-refractivity contribution in [2.75, 3.05) is 5.32 Å². The second-order valence-electron chi connectivity index (χ2n) is 2.81. The molecule has 0 bridgehead atoms. The Labute approximate surface area is 105 Å². The van der Waals surface area contributed by atoms with Crippen molar-refractivity contribution in [3.05, 3.63) is 28.3 Å². The molecule has 0 aromatic heterocycles. The molecular formula is C10H14BN2O5. The highest BCUT2D eigenvalue weighted by Gasteiger charge is 2.21. The third-order valence-corrected chi connectivity index (χ3v) is 1.67. The number of hydrogen-bond acceptors (Lipinski definition) is 5. The number of carbonyl (C=O) groups excluding carboxylic acids is 1. The zero-order valence-electron chi connectivity index (χ0n) is 10.3. The van der Waals surface area contributed by atoms with Crippen molar-refractivity contribution in [3.8, 4) is 5.75 Å². The van der Waals surface area contributed by atoms with E-state index in [0.29, 0.717) is 7.69 Å². The quantitative estimate of drug-likeness (QED) is 0.480. The van der Waals surface area contributed by atoms with Crippen molar-refractivity contribution in [2.45, 2.75) is 20.8 Å². The number of carbonyl (C=O) groups is 1. The third kappa shape index (κ3) is 4.42. The summed E-state index contributed by atoms with van der Waals surface area (Å²) < 4.78 is 4.56. The molecule has 1 aromatic rings. The molecule has 0 heterocycles. The first-order chi connectivity index (χ1) is 8.56. The lowest BCUT2D eigenvalue weighted by Gasteiger charge is -2.07. The van der Waals surface area contributed by atoms with E-state index in [9.17, 15) is 14.9 Å². The molecule has 0 saturated carbocycles. The maximum absolute atomic E-state index is 10.8. The van der Waals surface area contributed by atoms with E-state index in [1.165, 1.54) is 25.1 Å². The molecule has 97 valence electrons. The lowest BCUT2D eigenvalue weighted by molar-refractivity contribution is -0.384. The molecule has 0 spiro atoms. The predicted molar refractivity (Wildman–Crippen MR) is 67.3 cm³/mol. The molecule has 8 heteroatoms. The summed E-state index contributed by atoms with van der Waals surface area (Å²) in [6.07, 6.45) is 0. The highest BCUT2D eigenvalue weighted by atomic mass is 16.6. The molecule has 1 rings (SSSR count). The minimum Gasteiger partial charge on any atom is -0.533 e. The standard InChI is InChI=1S/C8H8BN2O5.C2H6/c1-5(12)10-6-3-2-4-7(16-9-13)8(6)11(14)15;1-2/h2-4,13H,1H3,(H,10,12);1-2H3. The van der Waals surface area contributed by atoms with E-state index in [4.69, 9.17) is 5.02 Å². The van der Waals surface area contributed by atoms with Crippen LogP contribution in [0.2, 0.25) is 0 Å². The van der Waals surface area contributed by atoms with Gasteiger partial charge < -0.3 is 15.0 Å². The van der Waals surface area contributed by atoms with E-state index < -0.39 is 16.5 Å². The number of amides is 1. The molecule has 1 radical (unpaired) electrons. The summed E-state index contributed by atoms with van der Waals surface area (Å²) in [7, 11) is 0.333. The number of anilines is 1. The van der Waals surface area contributed by atoms with E-state index in [1.807, 2.05) is 13.8 Å². The van der Waals surface area contributed by atoms with Crippen LogP contribution in [-0.2, 0) is 4.79 Å². The fourth-order valence-electron chi connectivity index (χ4n) is 1.15. The van der Waals surface area contributed by atoms with Gasteiger partial charge in [0, 0.05) is 6.92 Å². The molecule has 7 nitrogen and oxygen atoms in total. The first kappa shape index (κ1) is 15.9. The van der Waals surface area contributed by atoms with Crippen LogP contribution in [0.15, 0.2) is 18.2 Å². The van der Waals surface area contributed by atoms with E-state index in [0.717, 1.165) is 0 Å². The van der Waals surface area contributed by atoms with Gasteiger partial charge in [-0.3, -0.25) is 14.9 Å². The van der Waals surface area contributed by atoms with Gasteiger partial charge in [-0.1, -0.05) is 19.9 Å². The van der Waals surface area contributed by atoms with Crippen LogP contribution < -0.4 is 9.97 Å². The summed E-state index contributed by atoms with van der Waals surface area (Å²) in [4.78, 5) is 20.9. The van der Waals surface area contributed by atoms with Crippen LogP contribution in [0, 0.1) is 10.1 Å². The summed E-state index contributed by atoms with van der Waals surface area (Å²) in [6.45, 7) is 5.23. The van der Waals surface area contributed by atoms with Crippen LogP contribution >= 0.6 is 0 Å². The molecule has 0 aliphatic rings. The van der Waals surface area contributed by atoms with Crippen LogP contribution in [0.3, 0.4) is 0 Å². The van der Waals surface area contributed by atoms with E-state index in [1.54, 1.807) is 0 Å². The summed E-state index contributed by atoms with van der Waals surface area (Å²) in [6, 6.07) is 4.12. The summed E-state index contributed by atoms with van der Waals surface area (Å²) in [5.41, 5.74) is -0.403. The van der Waals surface area contributed by atoms with Gasteiger partial charge >= 0.3 is 13.4 Å². The van der Waals surface area contributed by atoms with Gasteiger partial charge in [-0.15, -0.1) is 0 Å². The van der Waals surface area contributed by atoms with Gasteiger partial charge in [-0.2, -0.15) is 0 Å². The maximum atomic E-state index is 10.8. The summed E-state index contributed by atoms with van der Waals surface area (Å²) >= 11 is 0. The van der Waals surface area contributed by atoms with E-state index in [2.05, 4.69) is 9.97 Å². The van der Waals surface area contributed by atoms with Crippen molar-refractivity contribution in [1.82, 2.24) is 0 Å². The fraction of sp³-hybridized carbons (Fsp3) is 0.300. The molecule has 18 heavy (non-hydrogen) atoms. The van der Waals surface area contributed by atoms with Crippen molar-refractivity contribution in [1.29, 1.82) is 0 Å². The predicted octanol–water partition coefficient (Wildman–Crippen LogP) is 1.48. The minimum atomic E-state index is -0.704. The second kappa shape index (κ2) is 8.07. The average Bonchev–Trinajstić information content (AvgIpc) is 2.31. The van der Waals surface area contributed by atoms with Crippen molar-refractivity contribution in [2.24, 2.45) is 0 Å². The number of para-hydroxylation sites is 1. The SMILES string of the molecule is CC.CC(=O)Nc1cccc(O[B]O)c1[N+](=O)[O-].